The largest absolute Gasteiger partial charge is 0.507 e. The molecule has 2 aromatic carbocycles. The highest BCUT2D eigenvalue weighted by Gasteiger charge is 2.24. The third-order valence-electron chi connectivity index (χ3n) is 2.45. The fraction of sp³-hybridized carbons (Fsp3) is 0. The Kier molecular flexibility index (Phi) is 2.20. The highest BCUT2D eigenvalue weighted by atomic mass is 16.4. The van der Waals surface area contributed by atoms with E-state index in [4.69, 9.17) is 5.11 Å². The summed E-state index contributed by atoms with van der Waals surface area (Å²) >= 11 is 0. The van der Waals surface area contributed by atoms with Crippen LogP contribution in [0.5, 0.6) is 23.0 Å². The van der Waals surface area contributed by atoms with Crippen molar-refractivity contribution in [3.05, 3.63) is 23.8 Å². The van der Waals surface area contributed by atoms with Crippen molar-refractivity contribution in [2.24, 2.45) is 0 Å². The fourth-order valence-electron chi connectivity index (χ4n) is 1.67. The number of hydrogen-bond donors (Lipinski definition) is 5. The van der Waals surface area contributed by atoms with Crippen molar-refractivity contribution < 1.29 is 30.3 Å². The summed E-state index contributed by atoms with van der Waals surface area (Å²) in [7, 11) is 0. The van der Waals surface area contributed by atoms with E-state index in [9.17, 15) is 25.2 Å². The zero-order chi connectivity index (χ0) is 12.7. The van der Waals surface area contributed by atoms with Gasteiger partial charge in [0.05, 0.1) is 5.39 Å². The van der Waals surface area contributed by atoms with Gasteiger partial charge >= 0.3 is 5.97 Å². The monoisotopic (exact) mass is 236 g/mol. The Hall–Kier alpha value is -2.63. The third kappa shape index (κ3) is 1.38. The van der Waals surface area contributed by atoms with E-state index in [0.717, 1.165) is 0 Å². The molecule has 17 heavy (non-hydrogen) atoms. The predicted octanol–water partition coefficient (Wildman–Crippen LogP) is 1.36. The summed E-state index contributed by atoms with van der Waals surface area (Å²) < 4.78 is 0. The van der Waals surface area contributed by atoms with E-state index < -0.39 is 28.8 Å². The van der Waals surface area contributed by atoms with Crippen LogP contribution in [0.25, 0.3) is 10.8 Å². The van der Waals surface area contributed by atoms with Crippen molar-refractivity contribution >= 4 is 16.7 Å². The molecule has 0 aromatic heterocycles. The highest BCUT2D eigenvalue weighted by molar-refractivity contribution is 6.08. The van der Waals surface area contributed by atoms with Gasteiger partial charge in [-0.1, -0.05) is 12.1 Å². The summed E-state index contributed by atoms with van der Waals surface area (Å²) in [5.74, 6) is -4.43. The van der Waals surface area contributed by atoms with Gasteiger partial charge in [0.2, 0.25) is 0 Å². The zero-order valence-electron chi connectivity index (χ0n) is 8.38. The van der Waals surface area contributed by atoms with E-state index in [1.54, 1.807) is 0 Å². The molecule has 0 bridgehead atoms. The molecule has 0 radical (unpaired) electrons. The SMILES string of the molecule is O=C(O)c1c(O)c(O)c2c(O)cccc2c1O. The average Bonchev–Trinajstić information content (AvgIpc) is 2.25. The van der Waals surface area contributed by atoms with Crippen molar-refractivity contribution in [2.45, 2.75) is 0 Å². The fourth-order valence-corrected chi connectivity index (χ4v) is 1.67. The molecule has 6 heteroatoms. The first-order valence-corrected chi connectivity index (χ1v) is 4.57. The Morgan fingerprint density at radius 3 is 2.18 bits per heavy atom. The van der Waals surface area contributed by atoms with Crippen molar-refractivity contribution in [2.75, 3.05) is 0 Å². The molecule has 2 aromatic rings. The second kappa shape index (κ2) is 3.44. The van der Waals surface area contributed by atoms with Gasteiger partial charge in [0.25, 0.3) is 0 Å². The number of benzene rings is 2. The van der Waals surface area contributed by atoms with Crippen molar-refractivity contribution in [3.63, 3.8) is 0 Å². The molecule has 0 fully saturated rings. The summed E-state index contributed by atoms with van der Waals surface area (Å²) in [4.78, 5) is 10.8. The molecule has 2 rings (SSSR count). The van der Waals surface area contributed by atoms with Crippen LogP contribution >= 0.6 is 0 Å². The molecule has 0 spiro atoms. The minimum Gasteiger partial charge on any atom is -0.507 e. The summed E-state index contributed by atoms with van der Waals surface area (Å²) in [5, 5.41) is 46.8. The predicted molar refractivity (Wildman–Crippen MR) is 57.6 cm³/mol. The standard InChI is InChI=1S/C11H8O6/c12-5-3-1-2-4-6(5)9(14)10(15)7(8(4)13)11(16)17/h1-3,12-15H,(H,16,17). The number of phenols is 4. The lowest BCUT2D eigenvalue weighted by molar-refractivity contribution is 0.0690. The maximum absolute atomic E-state index is 10.8. The molecular weight excluding hydrogens is 228 g/mol. The Bertz CT molecular complexity index is 632. The first kappa shape index (κ1) is 10.9. The van der Waals surface area contributed by atoms with E-state index in [0.29, 0.717) is 0 Å². The lowest BCUT2D eigenvalue weighted by Crippen LogP contribution is -1.98. The highest BCUT2D eigenvalue weighted by Crippen LogP contribution is 2.46. The summed E-state index contributed by atoms with van der Waals surface area (Å²) in [6, 6.07) is 3.93. The van der Waals surface area contributed by atoms with E-state index in [1.165, 1.54) is 18.2 Å². The van der Waals surface area contributed by atoms with Gasteiger partial charge in [-0.2, -0.15) is 0 Å². The van der Waals surface area contributed by atoms with Crippen molar-refractivity contribution in [3.8, 4) is 23.0 Å². The second-order valence-corrected chi connectivity index (χ2v) is 3.43. The summed E-state index contributed by atoms with van der Waals surface area (Å²) in [5.41, 5.74) is -0.805. The molecule has 88 valence electrons. The van der Waals surface area contributed by atoms with Crippen LogP contribution in [-0.2, 0) is 0 Å². The molecule has 5 N–H and O–H groups in total. The van der Waals surface area contributed by atoms with Crippen LogP contribution in [0.3, 0.4) is 0 Å². The first-order valence-electron chi connectivity index (χ1n) is 4.57. The quantitative estimate of drug-likeness (QED) is 0.377. The van der Waals surface area contributed by atoms with Gasteiger partial charge in [-0.15, -0.1) is 0 Å². The molecule has 0 amide bonds. The average molecular weight is 236 g/mol. The number of aromatic hydroxyl groups is 4. The normalized spacial score (nSPS) is 10.6. The van der Waals surface area contributed by atoms with Crippen LogP contribution in [0, 0.1) is 0 Å². The van der Waals surface area contributed by atoms with Gasteiger partial charge in [0.1, 0.15) is 17.1 Å². The lowest BCUT2D eigenvalue weighted by atomic mass is 10.0. The van der Waals surface area contributed by atoms with Gasteiger partial charge in [0.15, 0.2) is 11.5 Å². The zero-order valence-corrected chi connectivity index (χ0v) is 8.38. The molecular formula is C11H8O6. The van der Waals surface area contributed by atoms with Crippen LogP contribution in [0.4, 0.5) is 0 Å². The van der Waals surface area contributed by atoms with Gasteiger partial charge in [-0.25, -0.2) is 4.79 Å². The number of hydrogen-bond acceptors (Lipinski definition) is 5. The molecule has 0 saturated heterocycles. The van der Waals surface area contributed by atoms with Crippen LogP contribution in [0.2, 0.25) is 0 Å². The Balaban J connectivity index is 3.06. The Morgan fingerprint density at radius 1 is 0.941 bits per heavy atom. The molecule has 0 aliphatic rings. The van der Waals surface area contributed by atoms with Crippen LogP contribution in [0.1, 0.15) is 10.4 Å². The number of carboxylic acid groups (broad SMARTS) is 1. The van der Waals surface area contributed by atoms with E-state index in [-0.39, 0.29) is 16.5 Å². The maximum Gasteiger partial charge on any atom is 0.343 e. The van der Waals surface area contributed by atoms with Gasteiger partial charge in [0, 0.05) is 5.39 Å². The van der Waals surface area contributed by atoms with Gasteiger partial charge < -0.3 is 25.5 Å². The van der Waals surface area contributed by atoms with Crippen LogP contribution in [-0.4, -0.2) is 31.5 Å². The summed E-state index contributed by atoms with van der Waals surface area (Å²) in [6.07, 6.45) is 0. The topological polar surface area (TPSA) is 118 Å². The number of carbonyl (C=O) groups is 1. The molecule has 0 aliphatic heterocycles. The third-order valence-corrected chi connectivity index (χ3v) is 2.45. The number of carboxylic acids is 1. The summed E-state index contributed by atoms with van der Waals surface area (Å²) in [6.45, 7) is 0. The minimum absolute atomic E-state index is 0.0577. The Labute approximate surface area is 94.6 Å². The molecule has 0 heterocycles. The number of phenolic OH excluding ortho intramolecular Hbond substituents is 2. The first-order chi connectivity index (χ1) is 7.95. The van der Waals surface area contributed by atoms with E-state index in [1.807, 2.05) is 0 Å². The van der Waals surface area contributed by atoms with E-state index in [2.05, 4.69) is 0 Å². The second-order valence-electron chi connectivity index (χ2n) is 3.43. The van der Waals surface area contributed by atoms with Crippen LogP contribution < -0.4 is 0 Å². The van der Waals surface area contributed by atoms with Gasteiger partial charge in [-0.3, -0.25) is 0 Å². The van der Waals surface area contributed by atoms with Crippen LogP contribution in [0.15, 0.2) is 18.2 Å². The number of rotatable bonds is 1. The lowest BCUT2D eigenvalue weighted by Gasteiger charge is -2.10. The number of aromatic carboxylic acids is 1. The van der Waals surface area contributed by atoms with Gasteiger partial charge in [-0.05, 0) is 6.07 Å². The molecule has 0 aliphatic carbocycles. The molecule has 6 nitrogen and oxygen atoms in total. The molecule has 0 atom stereocenters. The molecule has 0 saturated carbocycles. The smallest absolute Gasteiger partial charge is 0.343 e. The molecule has 0 unspecified atom stereocenters. The van der Waals surface area contributed by atoms with E-state index >= 15 is 0 Å². The number of fused-ring (bicyclic) bond motifs is 1. The van der Waals surface area contributed by atoms with Crippen molar-refractivity contribution in [1.29, 1.82) is 0 Å². The minimum atomic E-state index is -1.58. The Morgan fingerprint density at radius 2 is 1.59 bits per heavy atom. The van der Waals surface area contributed by atoms with Crippen molar-refractivity contribution in [1.82, 2.24) is 0 Å². The maximum atomic E-state index is 10.8.